The summed E-state index contributed by atoms with van der Waals surface area (Å²) in [7, 11) is 3.42. The summed E-state index contributed by atoms with van der Waals surface area (Å²) < 4.78 is 4.91. The molecule has 4 heteroatoms. The number of hydrogen-bond acceptors (Lipinski definition) is 3. The second kappa shape index (κ2) is 4.28. The van der Waals surface area contributed by atoms with Crippen molar-refractivity contribution in [1.82, 2.24) is 10.3 Å². The Balaban J connectivity index is 2.86. The number of nitrogens with one attached hydrogen (secondary N) is 1. The predicted molar refractivity (Wildman–Crippen MR) is 48.6 cm³/mol. The van der Waals surface area contributed by atoms with E-state index in [-0.39, 0.29) is 0 Å². The summed E-state index contributed by atoms with van der Waals surface area (Å²) in [5.74, 6) is 0.469. The van der Waals surface area contributed by atoms with E-state index in [1.54, 1.807) is 13.3 Å². The topological polar surface area (TPSA) is 34.2 Å². The number of ether oxygens (including phenoxy) is 1. The van der Waals surface area contributed by atoms with Crippen LogP contribution in [0.4, 0.5) is 0 Å². The maximum atomic E-state index is 5.85. The molecule has 0 radical (unpaired) electrons. The zero-order valence-corrected chi connectivity index (χ0v) is 7.85. The van der Waals surface area contributed by atoms with Gasteiger partial charge in [0.2, 0.25) is 5.88 Å². The van der Waals surface area contributed by atoms with Gasteiger partial charge < -0.3 is 10.1 Å². The van der Waals surface area contributed by atoms with Crippen LogP contribution in [0.2, 0.25) is 5.02 Å². The van der Waals surface area contributed by atoms with Crippen LogP contribution in [0.3, 0.4) is 0 Å². The van der Waals surface area contributed by atoms with E-state index >= 15 is 0 Å². The highest BCUT2D eigenvalue weighted by Gasteiger charge is 2.01. The molecule has 1 aromatic rings. The monoisotopic (exact) mass is 186 g/mol. The van der Waals surface area contributed by atoms with Gasteiger partial charge in [-0.15, -0.1) is 0 Å². The van der Waals surface area contributed by atoms with Crippen molar-refractivity contribution >= 4 is 11.6 Å². The molecule has 0 saturated carbocycles. The number of hydrogen-bond donors (Lipinski definition) is 1. The van der Waals surface area contributed by atoms with Crippen molar-refractivity contribution in [3.05, 3.63) is 22.8 Å². The molecule has 66 valence electrons. The summed E-state index contributed by atoms with van der Waals surface area (Å²) in [4.78, 5) is 4.02. The zero-order valence-electron chi connectivity index (χ0n) is 7.10. The molecule has 0 saturated heterocycles. The van der Waals surface area contributed by atoms with E-state index < -0.39 is 0 Å². The van der Waals surface area contributed by atoms with E-state index in [1.807, 2.05) is 13.1 Å². The van der Waals surface area contributed by atoms with E-state index in [2.05, 4.69) is 10.3 Å². The Morgan fingerprint density at radius 3 is 2.92 bits per heavy atom. The second-order valence-corrected chi connectivity index (χ2v) is 2.77. The first-order valence-electron chi connectivity index (χ1n) is 3.61. The lowest BCUT2D eigenvalue weighted by Crippen LogP contribution is -2.05. The quantitative estimate of drug-likeness (QED) is 0.776. The van der Waals surface area contributed by atoms with Gasteiger partial charge in [0.25, 0.3) is 0 Å². The highest BCUT2D eigenvalue weighted by molar-refractivity contribution is 6.31. The molecule has 1 aromatic heterocycles. The fraction of sp³-hybridized carbons (Fsp3) is 0.375. The van der Waals surface area contributed by atoms with Gasteiger partial charge in [0.05, 0.1) is 7.11 Å². The molecule has 0 aromatic carbocycles. The molecule has 0 aliphatic rings. The molecule has 0 fully saturated rings. The zero-order chi connectivity index (χ0) is 8.97. The number of rotatable bonds is 3. The van der Waals surface area contributed by atoms with Crippen molar-refractivity contribution in [2.75, 3.05) is 14.2 Å². The maximum absolute atomic E-state index is 5.85. The molecule has 3 nitrogen and oxygen atoms in total. The number of nitrogens with zero attached hydrogens (tertiary/aromatic N) is 1. The average Bonchev–Trinajstić information content (AvgIpc) is 2.05. The summed E-state index contributed by atoms with van der Waals surface area (Å²) in [5.41, 5.74) is 1.04. The molecule has 1 N–H and O–H groups in total. The minimum Gasteiger partial charge on any atom is -0.480 e. The van der Waals surface area contributed by atoms with Crippen LogP contribution in [0.1, 0.15) is 5.56 Å². The lowest BCUT2D eigenvalue weighted by atomic mass is 10.3. The second-order valence-electron chi connectivity index (χ2n) is 2.36. The molecule has 0 aliphatic carbocycles. The maximum Gasteiger partial charge on any atom is 0.232 e. The highest BCUT2D eigenvalue weighted by atomic mass is 35.5. The Labute approximate surface area is 76.7 Å². The Hall–Kier alpha value is -0.800. The minimum atomic E-state index is 0.469. The van der Waals surface area contributed by atoms with Gasteiger partial charge in [-0.2, -0.15) is 0 Å². The van der Waals surface area contributed by atoms with Gasteiger partial charge >= 0.3 is 0 Å². The Bertz CT molecular complexity index is 265. The molecule has 0 aliphatic heterocycles. The summed E-state index contributed by atoms with van der Waals surface area (Å²) in [5, 5.41) is 3.56. The van der Waals surface area contributed by atoms with Crippen LogP contribution in [0.15, 0.2) is 12.3 Å². The SMILES string of the molecule is CNCc1cnc(OC)c(Cl)c1. The van der Waals surface area contributed by atoms with Gasteiger partial charge in [-0.05, 0) is 18.7 Å². The molecule has 0 amide bonds. The number of methoxy groups -OCH3 is 1. The molecular weight excluding hydrogens is 176 g/mol. The van der Waals surface area contributed by atoms with Gasteiger partial charge in [0, 0.05) is 12.7 Å². The van der Waals surface area contributed by atoms with Crippen molar-refractivity contribution in [1.29, 1.82) is 0 Å². The molecular formula is C8H11ClN2O. The first-order valence-corrected chi connectivity index (χ1v) is 3.98. The standard InChI is InChI=1S/C8H11ClN2O/c1-10-4-6-3-7(9)8(12-2)11-5-6/h3,5,10H,4H2,1-2H3. The molecule has 12 heavy (non-hydrogen) atoms. The van der Waals surface area contributed by atoms with Gasteiger partial charge in [-0.3, -0.25) is 0 Å². The summed E-state index contributed by atoms with van der Waals surface area (Å²) in [6, 6.07) is 1.84. The highest BCUT2D eigenvalue weighted by Crippen LogP contribution is 2.21. The van der Waals surface area contributed by atoms with E-state index in [1.165, 1.54) is 0 Å². The molecule has 1 heterocycles. The largest absolute Gasteiger partial charge is 0.480 e. The van der Waals surface area contributed by atoms with Crippen LogP contribution in [-0.2, 0) is 6.54 Å². The first kappa shape index (κ1) is 9.29. The molecule has 1 rings (SSSR count). The number of aromatic nitrogens is 1. The van der Waals surface area contributed by atoms with E-state index in [0.29, 0.717) is 10.9 Å². The van der Waals surface area contributed by atoms with Crippen LogP contribution in [0.25, 0.3) is 0 Å². The summed E-state index contributed by atoms with van der Waals surface area (Å²) in [6.07, 6.45) is 1.74. The van der Waals surface area contributed by atoms with Crippen LogP contribution in [0, 0.1) is 0 Å². The van der Waals surface area contributed by atoms with Gasteiger partial charge in [0.15, 0.2) is 0 Å². The van der Waals surface area contributed by atoms with Crippen molar-refractivity contribution < 1.29 is 4.74 Å². The lowest BCUT2D eigenvalue weighted by Gasteiger charge is -2.03. The average molecular weight is 187 g/mol. The van der Waals surface area contributed by atoms with Gasteiger partial charge in [-0.1, -0.05) is 11.6 Å². The van der Waals surface area contributed by atoms with Crippen molar-refractivity contribution in [2.24, 2.45) is 0 Å². The predicted octanol–water partition coefficient (Wildman–Crippen LogP) is 1.46. The fourth-order valence-corrected chi connectivity index (χ4v) is 1.18. The van der Waals surface area contributed by atoms with Crippen LogP contribution in [0.5, 0.6) is 5.88 Å². The normalized spacial score (nSPS) is 9.92. The lowest BCUT2D eigenvalue weighted by molar-refractivity contribution is 0.398. The fourth-order valence-electron chi connectivity index (χ4n) is 0.916. The van der Waals surface area contributed by atoms with E-state index in [4.69, 9.17) is 16.3 Å². The molecule has 0 bridgehead atoms. The third-order valence-corrected chi connectivity index (χ3v) is 1.71. The van der Waals surface area contributed by atoms with E-state index in [0.717, 1.165) is 12.1 Å². The molecule has 0 unspecified atom stereocenters. The van der Waals surface area contributed by atoms with Crippen molar-refractivity contribution in [2.45, 2.75) is 6.54 Å². The Morgan fingerprint density at radius 1 is 1.67 bits per heavy atom. The Kier molecular flexibility index (Phi) is 3.31. The number of pyridine rings is 1. The van der Waals surface area contributed by atoms with Crippen LogP contribution in [-0.4, -0.2) is 19.1 Å². The third kappa shape index (κ3) is 2.09. The number of halogens is 1. The van der Waals surface area contributed by atoms with Crippen molar-refractivity contribution in [3.63, 3.8) is 0 Å². The first-order chi connectivity index (χ1) is 5.77. The van der Waals surface area contributed by atoms with Gasteiger partial charge in [0.1, 0.15) is 5.02 Å². The summed E-state index contributed by atoms with van der Waals surface area (Å²) >= 11 is 5.85. The third-order valence-electron chi connectivity index (χ3n) is 1.44. The smallest absolute Gasteiger partial charge is 0.232 e. The van der Waals surface area contributed by atoms with Crippen LogP contribution >= 0.6 is 11.6 Å². The van der Waals surface area contributed by atoms with Gasteiger partial charge in [-0.25, -0.2) is 4.98 Å². The summed E-state index contributed by atoms with van der Waals surface area (Å²) in [6.45, 7) is 0.761. The Morgan fingerprint density at radius 2 is 2.42 bits per heavy atom. The van der Waals surface area contributed by atoms with Crippen molar-refractivity contribution in [3.8, 4) is 5.88 Å². The van der Waals surface area contributed by atoms with E-state index in [9.17, 15) is 0 Å². The molecule has 0 atom stereocenters. The minimum absolute atomic E-state index is 0.469. The van der Waals surface area contributed by atoms with Crippen LogP contribution < -0.4 is 10.1 Å². The molecule has 0 spiro atoms.